The fraction of sp³-hybridized carbons (Fsp3) is 0.333. The van der Waals surface area contributed by atoms with Gasteiger partial charge in [-0.05, 0) is 36.8 Å². The van der Waals surface area contributed by atoms with Gasteiger partial charge >= 0.3 is 0 Å². The van der Waals surface area contributed by atoms with Gasteiger partial charge in [0.15, 0.2) is 0 Å². The summed E-state index contributed by atoms with van der Waals surface area (Å²) in [7, 11) is 1.61. The Kier molecular flexibility index (Phi) is 6.41. The third-order valence-electron chi connectivity index (χ3n) is 3.46. The van der Waals surface area contributed by atoms with E-state index in [1.54, 1.807) is 43.8 Å². The molecule has 0 saturated heterocycles. The number of anilines is 2. The third-order valence-corrected chi connectivity index (χ3v) is 3.46. The number of amides is 1. The molecular weight excluding hydrogens is 290 g/mol. The molecule has 23 heavy (non-hydrogen) atoms. The Hall–Kier alpha value is -2.56. The Bertz CT molecular complexity index is 626. The number of aromatic nitrogens is 1. The van der Waals surface area contributed by atoms with Gasteiger partial charge < -0.3 is 15.4 Å². The number of rotatable bonds is 8. The van der Waals surface area contributed by atoms with Crippen LogP contribution in [0.1, 0.15) is 36.5 Å². The molecule has 0 aliphatic carbocycles. The van der Waals surface area contributed by atoms with E-state index in [2.05, 4.69) is 22.5 Å². The highest BCUT2D eigenvalue weighted by molar-refractivity contribution is 6.04. The molecule has 1 aromatic carbocycles. The van der Waals surface area contributed by atoms with Crippen LogP contribution in [0.5, 0.6) is 5.75 Å². The summed E-state index contributed by atoms with van der Waals surface area (Å²) in [4.78, 5) is 16.4. The Labute approximate surface area is 137 Å². The molecule has 1 heterocycles. The van der Waals surface area contributed by atoms with Crippen LogP contribution in [0.4, 0.5) is 11.4 Å². The highest BCUT2D eigenvalue weighted by Crippen LogP contribution is 2.16. The van der Waals surface area contributed by atoms with E-state index in [1.807, 2.05) is 6.07 Å². The van der Waals surface area contributed by atoms with Crippen LogP contribution >= 0.6 is 0 Å². The first-order chi connectivity index (χ1) is 11.2. The van der Waals surface area contributed by atoms with Crippen LogP contribution in [0.2, 0.25) is 0 Å². The SMILES string of the molecule is CCCCCNc1cncc(C(=O)Nc2ccc(OC)cc2)c1. The van der Waals surface area contributed by atoms with E-state index in [4.69, 9.17) is 4.74 Å². The predicted molar refractivity (Wildman–Crippen MR) is 93.2 cm³/mol. The normalized spacial score (nSPS) is 10.2. The third kappa shape index (κ3) is 5.29. The second kappa shape index (κ2) is 8.78. The Morgan fingerprint density at radius 2 is 1.91 bits per heavy atom. The second-order valence-corrected chi connectivity index (χ2v) is 5.28. The van der Waals surface area contributed by atoms with Gasteiger partial charge in [-0.1, -0.05) is 19.8 Å². The van der Waals surface area contributed by atoms with E-state index in [0.717, 1.165) is 30.1 Å². The van der Waals surface area contributed by atoms with Crippen molar-refractivity contribution in [2.45, 2.75) is 26.2 Å². The maximum Gasteiger partial charge on any atom is 0.257 e. The number of nitrogens with one attached hydrogen (secondary N) is 2. The van der Waals surface area contributed by atoms with Gasteiger partial charge in [0.1, 0.15) is 5.75 Å². The summed E-state index contributed by atoms with van der Waals surface area (Å²) >= 11 is 0. The largest absolute Gasteiger partial charge is 0.497 e. The van der Waals surface area contributed by atoms with Crippen molar-refractivity contribution in [3.05, 3.63) is 48.3 Å². The Balaban J connectivity index is 1.95. The Morgan fingerprint density at radius 3 is 2.61 bits per heavy atom. The topological polar surface area (TPSA) is 63.2 Å². The molecule has 0 bridgehead atoms. The first-order valence-electron chi connectivity index (χ1n) is 7.87. The van der Waals surface area contributed by atoms with Gasteiger partial charge in [0.2, 0.25) is 0 Å². The van der Waals surface area contributed by atoms with Gasteiger partial charge in [-0.3, -0.25) is 9.78 Å². The molecule has 122 valence electrons. The molecule has 0 saturated carbocycles. The van der Waals surface area contributed by atoms with E-state index in [0.29, 0.717) is 5.56 Å². The van der Waals surface area contributed by atoms with Crippen molar-refractivity contribution >= 4 is 17.3 Å². The summed E-state index contributed by atoms with van der Waals surface area (Å²) in [6, 6.07) is 9.03. The zero-order valence-corrected chi connectivity index (χ0v) is 13.6. The van der Waals surface area contributed by atoms with Crippen LogP contribution in [0.25, 0.3) is 0 Å². The van der Waals surface area contributed by atoms with Crippen molar-refractivity contribution in [1.29, 1.82) is 0 Å². The number of ether oxygens (including phenoxy) is 1. The maximum atomic E-state index is 12.3. The monoisotopic (exact) mass is 313 g/mol. The van der Waals surface area contributed by atoms with Gasteiger partial charge in [-0.15, -0.1) is 0 Å². The van der Waals surface area contributed by atoms with Crippen molar-refractivity contribution in [3.63, 3.8) is 0 Å². The lowest BCUT2D eigenvalue weighted by Gasteiger charge is -2.09. The van der Waals surface area contributed by atoms with Crippen LogP contribution in [0, 0.1) is 0 Å². The second-order valence-electron chi connectivity index (χ2n) is 5.28. The maximum absolute atomic E-state index is 12.3. The average Bonchev–Trinajstić information content (AvgIpc) is 2.60. The first-order valence-corrected chi connectivity index (χ1v) is 7.87. The smallest absolute Gasteiger partial charge is 0.257 e. The van der Waals surface area contributed by atoms with Crippen molar-refractivity contribution in [3.8, 4) is 5.75 Å². The lowest BCUT2D eigenvalue weighted by Crippen LogP contribution is -2.13. The van der Waals surface area contributed by atoms with E-state index in [9.17, 15) is 4.79 Å². The number of unbranched alkanes of at least 4 members (excludes halogenated alkanes) is 2. The van der Waals surface area contributed by atoms with Gasteiger partial charge in [-0.25, -0.2) is 0 Å². The highest BCUT2D eigenvalue weighted by Gasteiger charge is 2.07. The van der Waals surface area contributed by atoms with Crippen LogP contribution in [-0.4, -0.2) is 24.5 Å². The lowest BCUT2D eigenvalue weighted by atomic mass is 10.2. The van der Waals surface area contributed by atoms with Crippen LogP contribution < -0.4 is 15.4 Å². The minimum Gasteiger partial charge on any atom is -0.497 e. The predicted octanol–water partition coefficient (Wildman–Crippen LogP) is 3.94. The molecular formula is C18H23N3O2. The summed E-state index contributed by atoms with van der Waals surface area (Å²) in [6.07, 6.45) is 6.78. The Morgan fingerprint density at radius 1 is 1.13 bits per heavy atom. The number of pyridine rings is 1. The van der Waals surface area contributed by atoms with Gasteiger partial charge in [0.25, 0.3) is 5.91 Å². The first kappa shape index (κ1) is 16.8. The molecule has 0 aliphatic heterocycles. The van der Waals surface area contributed by atoms with Crippen molar-refractivity contribution in [2.75, 3.05) is 24.3 Å². The van der Waals surface area contributed by atoms with Gasteiger partial charge in [-0.2, -0.15) is 0 Å². The molecule has 5 heteroatoms. The summed E-state index contributed by atoms with van der Waals surface area (Å²) in [6.45, 7) is 3.06. The molecule has 0 unspecified atom stereocenters. The number of benzene rings is 1. The fourth-order valence-corrected chi connectivity index (χ4v) is 2.15. The molecule has 0 aliphatic rings. The van der Waals surface area contributed by atoms with Crippen LogP contribution in [0.15, 0.2) is 42.7 Å². The summed E-state index contributed by atoms with van der Waals surface area (Å²) in [5.41, 5.74) is 2.11. The van der Waals surface area contributed by atoms with Gasteiger partial charge in [0, 0.05) is 24.6 Å². The summed E-state index contributed by atoms with van der Waals surface area (Å²) in [5, 5.41) is 6.15. The molecule has 2 rings (SSSR count). The summed E-state index contributed by atoms with van der Waals surface area (Å²) in [5.74, 6) is 0.572. The highest BCUT2D eigenvalue weighted by atomic mass is 16.5. The van der Waals surface area contributed by atoms with Crippen LogP contribution in [-0.2, 0) is 0 Å². The van der Waals surface area contributed by atoms with E-state index in [-0.39, 0.29) is 5.91 Å². The number of methoxy groups -OCH3 is 1. The molecule has 1 aromatic heterocycles. The van der Waals surface area contributed by atoms with Crippen molar-refractivity contribution in [2.24, 2.45) is 0 Å². The molecule has 1 amide bonds. The lowest BCUT2D eigenvalue weighted by molar-refractivity contribution is 0.102. The van der Waals surface area contributed by atoms with Gasteiger partial charge in [0.05, 0.1) is 18.4 Å². The van der Waals surface area contributed by atoms with Crippen LogP contribution in [0.3, 0.4) is 0 Å². The quantitative estimate of drug-likeness (QED) is 0.724. The minimum atomic E-state index is -0.181. The number of carbonyl (C=O) groups excluding carboxylic acids is 1. The zero-order chi connectivity index (χ0) is 16.5. The summed E-state index contributed by atoms with van der Waals surface area (Å²) < 4.78 is 5.10. The van der Waals surface area contributed by atoms with E-state index >= 15 is 0 Å². The molecule has 0 fully saturated rings. The number of nitrogens with zero attached hydrogens (tertiary/aromatic N) is 1. The molecule has 0 spiro atoms. The van der Waals surface area contributed by atoms with E-state index < -0.39 is 0 Å². The standard InChI is InChI=1S/C18H23N3O2/c1-3-4-5-10-20-16-11-14(12-19-13-16)18(22)21-15-6-8-17(23-2)9-7-15/h6-9,11-13,20H,3-5,10H2,1-2H3,(H,21,22). The van der Waals surface area contributed by atoms with E-state index in [1.165, 1.54) is 12.8 Å². The molecule has 2 aromatic rings. The van der Waals surface area contributed by atoms with Crippen molar-refractivity contribution < 1.29 is 9.53 Å². The number of hydrogen-bond acceptors (Lipinski definition) is 4. The number of carbonyl (C=O) groups is 1. The fourth-order valence-electron chi connectivity index (χ4n) is 2.15. The van der Waals surface area contributed by atoms with Crippen molar-refractivity contribution in [1.82, 2.24) is 4.98 Å². The molecule has 0 radical (unpaired) electrons. The molecule has 5 nitrogen and oxygen atoms in total. The molecule has 0 atom stereocenters. The minimum absolute atomic E-state index is 0.181. The number of hydrogen-bond donors (Lipinski definition) is 2. The average molecular weight is 313 g/mol. The zero-order valence-electron chi connectivity index (χ0n) is 13.6. The molecule has 2 N–H and O–H groups in total.